The molecule has 0 bridgehead atoms. The highest BCUT2D eigenvalue weighted by Crippen LogP contribution is 2.30. The number of carboxylic acid groups (broad SMARTS) is 1. The first kappa shape index (κ1) is 11.0. The SMILES string of the molecule is CC(=O)Nc1c(C)ccc(C(=O)O)c1O. The molecule has 0 aliphatic carbocycles. The van der Waals surface area contributed by atoms with Crippen LogP contribution >= 0.6 is 0 Å². The lowest BCUT2D eigenvalue weighted by Gasteiger charge is -2.10. The van der Waals surface area contributed by atoms with Crippen LogP contribution in [0.1, 0.15) is 22.8 Å². The van der Waals surface area contributed by atoms with E-state index in [9.17, 15) is 14.7 Å². The summed E-state index contributed by atoms with van der Waals surface area (Å²) in [5.74, 6) is -2.02. The van der Waals surface area contributed by atoms with Crippen molar-refractivity contribution >= 4 is 17.6 Å². The van der Waals surface area contributed by atoms with Gasteiger partial charge in [-0.15, -0.1) is 0 Å². The number of carboxylic acids is 1. The van der Waals surface area contributed by atoms with Crippen molar-refractivity contribution in [3.63, 3.8) is 0 Å². The maximum absolute atomic E-state index is 10.8. The van der Waals surface area contributed by atoms with Crippen LogP contribution in [-0.2, 0) is 4.79 Å². The van der Waals surface area contributed by atoms with Crippen LogP contribution in [0.3, 0.4) is 0 Å². The van der Waals surface area contributed by atoms with Gasteiger partial charge in [-0.3, -0.25) is 4.79 Å². The van der Waals surface area contributed by atoms with Crippen LogP contribution in [0.2, 0.25) is 0 Å². The Morgan fingerprint density at radius 3 is 2.40 bits per heavy atom. The summed E-state index contributed by atoms with van der Waals surface area (Å²) in [6, 6.07) is 2.81. The van der Waals surface area contributed by atoms with Gasteiger partial charge < -0.3 is 15.5 Å². The molecule has 0 aromatic heterocycles. The number of nitrogens with one attached hydrogen (secondary N) is 1. The summed E-state index contributed by atoms with van der Waals surface area (Å²) in [7, 11) is 0. The molecule has 15 heavy (non-hydrogen) atoms. The third kappa shape index (κ3) is 2.25. The Kier molecular flexibility index (Phi) is 2.94. The van der Waals surface area contributed by atoms with Crippen molar-refractivity contribution in [1.82, 2.24) is 0 Å². The van der Waals surface area contributed by atoms with E-state index >= 15 is 0 Å². The molecular formula is C10H11NO4. The molecule has 0 heterocycles. The fourth-order valence-corrected chi connectivity index (χ4v) is 1.20. The number of benzene rings is 1. The number of anilines is 1. The summed E-state index contributed by atoms with van der Waals surface area (Å²) < 4.78 is 0. The molecule has 1 aromatic carbocycles. The van der Waals surface area contributed by atoms with Gasteiger partial charge in [0.25, 0.3) is 0 Å². The Balaban J connectivity index is 3.29. The largest absolute Gasteiger partial charge is 0.505 e. The summed E-state index contributed by atoms with van der Waals surface area (Å²) in [5, 5.41) is 20.7. The smallest absolute Gasteiger partial charge is 0.339 e. The van der Waals surface area contributed by atoms with Crippen molar-refractivity contribution < 1.29 is 19.8 Å². The number of hydrogen-bond donors (Lipinski definition) is 3. The second-order valence-corrected chi connectivity index (χ2v) is 3.14. The van der Waals surface area contributed by atoms with E-state index in [1.807, 2.05) is 0 Å². The first-order valence-corrected chi connectivity index (χ1v) is 4.27. The lowest BCUT2D eigenvalue weighted by molar-refractivity contribution is -0.114. The van der Waals surface area contributed by atoms with Crippen LogP contribution in [-0.4, -0.2) is 22.1 Å². The number of hydrogen-bond acceptors (Lipinski definition) is 3. The van der Waals surface area contributed by atoms with Gasteiger partial charge in [-0.2, -0.15) is 0 Å². The van der Waals surface area contributed by atoms with E-state index in [1.54, 1.807) is 6.92 Å². The normalized spacial score (nSPS) is 9.73. The molecule has 0 atom stereocenters. The number of aromatic hydroxyl groups is 1. The average molecular weight is 209 g/mol. The molecule has 3 N–H and O–H groups in total. The second-order valence-electron chi connectivity index (χ2n) is 3.14. The first-order valence-electron chi connectivity index (χ1n) is 4.27. The lowest BCUT2D eigenvalue weighted by Crippen LogP contribution is -2.09. The van der Waals surface area contributed by atoms with E-state index in [-0.39, 0.29) is 17.2 Å². The number of aryl methyl sites for hydroxylation is 1. The Hall–Kier alpha value is -2.04. The quantitative estimate of drug-likeness (QED) is 0.642. The predicted octanol–water partition coefficient (Wildman–Crippen LogP) is 1.36. The molecule has 5 nitrogen and oxygen atoms in total. The van der Waals surface area contributed by atoms with Gasteiger partial charge in [-0.05, 0) is 18.6 Å². The molecule has 1 amide bonds. The molecule has 0 fully saturated rings. The number of carbonyl (C=O) groups excluding carboxylic acids is 1. The monoisotopic (exact) mass is 209 g/mol. The van der Waals surface area contributed by atoms with E-state index in [2.05, 4.69) is 5.32 Å². The van der Waals surface area contributed by atoms with E-state index in [1.165, 1.54) is 19.1 Å². The molecule has 5 heteroatoms. The average Bonchev–Trinajstić information content (AvgIpc) is 2.11. The Bertz CT molecular complexity index is 426. The van der Waals surface area contributed by atoms with Crippen LogP contribution < -0.4 is 5.32 Å². The third-order valence-corrected chi connectivity index (χ3v) is 1.92. The highest BCUT2D eigenvalue weighted by molar-refractivity contribution is 5.98. The molecule has 0 saturated heterocycles. The Labute approximate surface area is 86.4 Å². The minimum atomic E-state index is -1.24. The second kappa shape index (κ2) is 4.00. The molecule has 0 aliphatic heterocycles. The fourth-order valence-electron chi connectivity index (χ4n) is 1.20. The van der Waals surface area contributed by atoms with Crippen molar-refractivity contribution in [2.75, 3.05) is 5.32 Å². The highest BCUT2D eigenvalue weighted by atomic mass is 16.4. The maximum Gasteiger partial charge on any atom is 0.339 e. The van der Waals surface area contributed by atoms with E-state index in [0.717, 1.165) is 0 Å². The number of rotatable bonds is 2. The van der Waals surface area contributed by atoms with Gasteiger partial charge in [0.1, 0.15) is 5.56 Å². The van der Waals surface area contributed by atoms with E-state index in [0.29, 0.717) is 5.56 Å². The minimum absolute atomic E-state index is 0.141. The standard InChI is InChI=1S/C10H11NO4/c1-5-3-4-7(10(14)15)9(13)8(5)11-6(2)12/h3-4,13H,1-2H3,(H,11,12)(H,14,15). The van der Waals surface area contributed by atoms with Gasteiger partial charge >= 0.3 is 5.97 Å². The summed E-state index contributed by atoms with van der Waals surface area (Å²) >= 11 is 0. The number of amides is 1. The van der Waals surface area contributed by atoms with E-state index in [4.69, 9.17) is 5.11 Å². The van der Waals surface area contributed by atoms with Crippen LogP contribution in [0.4, 0.5) is 5.69 Å². The van der Waals surface area contributed by atoms with Crippen molar-refractivity contribution in [3.05, 3.63) is 23.3 Å². The predicted molar refractivity (Wildman–Crippen MR) is 54.1 cm³/mol. The summed E-state index contributed by atoms with van der Waals surface area (Å²) in [4.78, 5) is 21.5. The van der Waals surface area contributed by atoms with Crippen molar-refractivity contribution in [1.29, 1.82) is 0 Å². The van der Waals surface area contributed by atoms with E-state index < -0.39 is 11.7 Å². The molecule has 1 rings (SSSR count). The van der Waals surface area contributed by atoms with Gasteiger partial charge in [0.15, 0.2) is 5.75 Å². The van der Waals surface area contributed by atoms with Crippen molar-refractivity contribution in [2.24, 2.45) is 0 Å². The molecule has 0 unspecified atom stereocenters. The van der Waals surface area contributed by atoms with Crippen LogP contribution in [0, 0.1) is 6.92 Å². The Morgan fingerprint density at radius 2 is 1.93 bits per heavy atom. The molecule has 80 valence electrons. The Morgan fingerprint density at radius 1 is 1.33 bits per heavy atom. The maximum atomic E-state index is 10.8. The molecule has 0 saturated carbocycles. The molecule has 0 spiro atoms. The van der Waals surface area contributed by atoms with Crippen LogP contribution in [0.25, 0.3) is 0 Å². The minimum Gasteiger partial charge on any atom is -0.505 e. The number of carbonyl (C=O) groups is 2. The lowest BCUT2D eigenvalue weighted by atomic mass is 10.1. The molecule has 1 aromatic rings. The summed E-state index contributed by atoms with van der Waals surface area (Å²) in [6.07, 6.45) is 0. The number of phenols is 1. The van der Waals surface area contributed by atoms with Gasteiger partial charge in [0.05, 0.1) is 5.69 Å². The van der Waals surface area contributed by atoms with Crippen LogP contribution in [0.5, 0.6) is 5.75 Å². The zero-order valence-electron chi connectivity index (χ0n) is 8.37. The molecule has 0 radical (unpaired) electrons. The summed E-state index contributed by atoms with van der Waals surface area (Å²) in [5.41, 5.74) is 0.513. The molecular weight excluding hydrogens is 198 g/mol. The van der Waals surface area contributed by atoms with Gasteiger partial charge in [0, 0.05) is 6.92 Å². The number of aromatic carboxylic acids is 1. The van der Waals surface area contributed by atoms with Crippen molar-refractivity contribution in [3.8, 4) is 5.75 Å². The zero-order valence-corrected chi connectivity index (χ0v) is 8.37. The highest BCUT2D eigenvalue weighted by Gasteiger charge is 2.15. The van der Waals surface area contributed by atoms with Gasteiger partial charge in [-0.25, -0.2) is 4.79 Å². The zero-order chi connectivity index (χ0) is 11.6. The molecule has 0 aliphatic rings. The van der Waals surface area contributed by atoms with Gasteiger partial charge in [0.2, 0.25) is 5.91 Å². The summed E-state index contributed by atoms with van der Waals surface area (Å²) in [6.45, 7) is 2.95. The van der Waals surface area contributed by atoms with Crippen LogP contribution in [0.15, 0.2) is 12.1 Å². The van der Waals surface area contributed by atoms with Crippen molar-refractivity contribution in [2.45, 2.75) is 13.8 Å². The first-order chi connectivity index (χ1) is 6.93. The van der Waals surface area contributed by atoms with Gasteiger partial charge in [-0.1, -0.05) is 6.07 Å². The third-order valence-electron chi connectivity index (χ3n) is 1.92. The fraction of sp³-hybridized carbons (Fsp3) is 0.200. The topological polar surface area (TPSA) is 86.6 Å².